The Morgan fingerprint density at radius 3 is 1.47 bits per heavy atom. The van der Waals surface area contributed by atoms with E-state index in [1.54, 1.807) is 0 Å². The average molecular weight is 677 g/mol. The molecule has 4 nitrogen and oxygen atoms in total. The predicted octanol–water partition coefficient (Wildman–Crippen LogP) is 12.5. The van der Waals surface area contributed by atoms with Crippen molar-refractivity contribution in [1.29, 1.82) is 0 Å². The van der Waals surface area contributed by atoms with Gasteiger partial charge in [-0.3, -0.25) is 8.97 Å². The molecule has 0 saturated carbocycles. The van der Waals surface area contributed by atoms with Crippen molar-refractivity contribution in [2.45, 2.75) is 0 Å². The normalized spacial score (nSPS) is 11.8. The van der Waals surface area contributed by atoms with Gasteiger partial charge in [0.15, 0.2) is 0 Å². The molecule has 7 aromatic carbocycles. The summed E-state index contributed by atoms with van der Waals surface area (Å²) >= 11 is 0. The van der Waals surface area contributed by atoms with Crippen LogP contribution >= 0.6 is 0 Å². The van der Waals surface area contributed by atoms with Gasteiger partial charge in [0.05, 0.1) is 33.3 Å². The maximum atomic E-state index is 5.40. The van der Waals surface area contributed by atoms with E-state index in [0.29, 0.717) is 0 Å². The highest BCUT2D eigenvalue weighted by atomic mass is 15.2. The molecule has 0 saturated heterocycles. The van der Waals surface area contributed by atoms with Crippen LogP contribution in [0.5, 0.6) is 0 Å². The van der Waals surface area contributed by atoms with E-state index in [4.69, 9.17) is 4.98 Å². The lowest BCUT2D eigenvalue weighted by Crippen LogP contribution is -2.00. The van der Waals surface area contributed by atoms with Crippen molar-refractivity contribution in [2.24, 2.45) is 0 Å². The number of imidazole rings is 1. The molecule has 0 atom stereocenters. The van der Waals surface area contributed by atoms with Crippen molar-refractivity contribution in [3.8, 4) is 45.1 Å². The Morgan fingerprint density at radius 1 is 0.321 bits per heavy atom. The van der Waals surface area contributed by atoms with E-state index in [2.05, 4.69) is 208 Å². The molecular weight excluding hydrogens is 645 g/mol. The van der Waals surface area contributed by atoms with Crippen molar-refractivity contribution < 1.29 is 0 Å². The third-order valence-corrected chi connectivity index (χ3v) is 10.7. The fraction of sp³-hybridized carbons (Fsp3) is 0. The molecular formula is C49H32N4. The summed E-state index contributed by atoms with van der Waals surface area (Å²) in [7, 11) is 0. The van der Waals surface area contributed by atoms with Crippen LogP contribution in [0.3, 0.4) is 0 Å². The summed E-state index contributed by atoms with van der Waals surface area (Å²) < 4.78 is 6.91. The fourth-order valence-corrected chi connectivity index (χ4v) is 8.22. The van der Waals surface area contributed by atoms with Crippen molar-refractivity contribution in [1.82, 2.24) is 18.5 Å². The minimum Gasteiger partial charge on any atom is -0.309 e. The molecule has 0 spiro atoms. The Labute approximate surface area is 306 Å². The van der Waals surface area contributed by atoms with Gasteiger partial charge in [0.1, 0.15) is 0 Å². The summed E-state index contributed by atoms with van der Waals surface area (Å²) in [4.78, 5) is 5.40. The van der Waals surface area contributed by atoms with Crippen LogP contribution in [0.25, 0.3) is 94.3 Å². The van der Waals surface area contributed by atoms with Gasteiger partial charge in [0, 0.05) is 39.0 Å². The van der Waals surface area contributed by atoms with Crippen LogP contribution in [-0.4, -0.2) is 18.5 Å². The lowest BCUT2D eigenvalue weighted by molar-refractivity contribution is 0.983. The Balaban J connectivity index is 1.07. The molecule has 4 aromatic heterocycles. The van der Waals surface area contributed by atoms with E-state index < -0.39 is 0 Å². The minimum absolute atomic E-state index is 0.872. The highest BCUT2D eigenvalue weighted by molar-refractivity contribution is 6.12. The van der Waals surface area contributed by atoms with Crippen molar-refractivity contribution >= 4 is 49.1 Å². The molecule has 0 aliphatic heterocycles. The molecule has 248 valence electrons. The van der Waals surface area contributed by atoms with Crippen LogP contribution in [0.4, 0.5) is 0 Å². The third-order valence-electron chi connectivity index (χ3n) is 10.7. The highest BCUT2D eigenvalue weighted by Gasteiger charge is 2.20. The molecule has 0 aliphatic carbocycles. The average Bonchev–Trinajstić information content (AvgIpc) is 3.89. The van der Waals surface area contributed by atoms with Crippen LogP contribution in [0.2, 0.25) is 0 Å². The van der Waals surface area contributed by atoms with Crippen molar-refractivity contribution in [2.75, 3.05) is 0 Å². The van der Waals surface area contributed by atoms with Gasteiger partial charge in [-0.2, -0.15) is 0 Å². The minimum atomic E-state index is 0.872. The molecule has 0 bridgehead atoms. The predicted molar refractivity (Wildman–Crippen MR) is 220 cm³/mol. The summed E-state index contributed by atoms with van der Waals surface area (Å²) in [6, 6.07) is 67.4. The van der Waals surface area contributed by atoms with E-state index in [9.17, 15) is 0 Å². The van der Waals surface area contributed by atoms with Gasteiger partial charge in [-0.1, -0.05) is 127 Å². The first-order valence-corrected chi connectivity index (χ1v) is 18.1. The molecule has 0 amide bonds. The molecule has 0 aliphatic rings. The topological polar surface area (TPSA) is 27.2 Å². The zero-order valence-electron chi connectivity index (χ0n) is 28.8. The largest absolute Gasteiger partial charge is 0.309 e. The van der Waals surface area contributed by atoms with Crippen LogP contribution in [0.1, 0.15) is 0 Å². The van der Waals surface area contributed by atoms with E-state index in [1.165, 1.54) is 60.5 Å². The van der Waals surface area contributed by atoms with Gasteiger partial charge < -0.3 is 4.57 Å². The van der Waals surface area contributed by atoms with Crippen molar-refractivity contribution in [3.63, 3.8) is 0 Å². The van der Waals surface area contributed by atoms with Gasteiger partial charge in [0.25, 0.3) is 0 Å². The molecule has 0 N–H and O–H groups in total. The van der Waals surface area contributed by atoms with E-state index >= 15 is 0 Å². The van der Waals surface area contributed by atoms with Crippen molar-refractivity contribution in [3.05, 3.63) is 194 Å². The van der Waals surface area contributed by atoms with Crippen LogP contribution in [0, 0.1) is 0 Å². The van der Waals surface area contributed by atoms with Crippen LogP contribution in [0.15, 0.2) is 194 Å². The Hall–Kier alpha value is -7.17. The van der Waals surface area contributed by atoms with E-state index in [0.717, 1.165) is 33.8 Å². The molecule has 4 heteroatoms. The summed E-state index contributed by atoms with van der Waals surface area (Å²) in [6.07, 6.45) is 2.12. The second-order valence-corrected chi connectivity index (χ2v) is 13.7. The monoisotopic (exact) mass is 676 g/mol. The number of benzene rings is 7. The number of hydrogen-bond acceptors (Lipinski definition) is 1. The number of fused-ring (bicyclic) bond motifs is 7. The zero-order valence-corrected chi connectivity index (χ0v) is 28.8. The second kappa shape index (κ2) is 11.7. The first kappa shape index (κ1) is 29.5. The maximum Gasteiger partial charge on any atom is 0.220 e. The first-order valence-electron chi connectivity index (χ1n) is 18.1. The number of rotatable bonds is 5. The Morgan fingerprint density at radius 2 is 0.792 bits per heavy atom. The molecule has 53 heavy (non-hydrogen) atoms. The molecule has 11 rings (SSSR count). The molecule has 4 heterocycles. The standard InChI is InChI=1S/C49H32N4/c1-3-13-33(14-4-1)34-22-24-35(25-23-34)48-47-21-11-12-30-51(47)49(50-48)53-44-20-10-8-18-40(44)42-32-37(27-29-46(42)53)36-26-28-45-41(31-36)39-17-7-9-19-43(39)52(45)38-15-5-2-6-16-38/h1-32H. The number of nitrogens with zero attached hydrogens (tertiary/aromatic N) is 4. The van der Waals surface area contributed by atoms with Gasteiger partial charge in [-0.05, 0) is 82.9 Å². The summed E-state index contributed by atoms with van der Waals surface area (Å²) in [5, 5.41) is 4.90. The maximum absolute atomic E-state index is 5.40. The van der Waals surface area contributed by atoms with Gasteiger partial charge in [0.2, 0.25) is 5.95 Å². The summed E-state index contributed by atoms with van der Waals surface area (Å²) in [5.41, 5.74) is 13.7. The number of aromatic nitrogens is 4. The number of para-hydroxylation sites is 3. The van der Waals surface area contributed by atoms with E-state index in [1.807, 2.05) is 0 Å². The summed E-state index contributed by atoms with van der Waals surface area (Å²) in [5.74, 6) is 0.872. The number of hydrogen-bond donors (Lipinski definition) is 0. The van der Waals surface area contributed by atoms with Crippen LogP contribution < -0.4 is 0 Å². The SMILES string of the molecule is c1ccc(-c2ccc(-c3nc(-n4c5ccccc5c5cc(-c6ccc7c(c6)c6ccccc6n7-c6ccccc6)ccc54)n4ccccc34)cc2)cc1. The van der Waals surface area contributed by atoms with Crippen LogP contribution in [-0.2, 0) is 0 Å². The molecule has 0 radical (unpaired) electrons. The summed E-state index contributed by atoms with van der Waals surface area (Å²) in [6.45, 7) is 0. The lowest BCUT2D eigenvalue weighted by atomic mass is 10.0. The molecule has 0 unspecified atom stereocenters. The third kappa shape index (κ3) is 4.59. The van der Waals surface area contributed by atoms with Gasteiger partial charge in [-0.15, -0.1) is 0 Å². The molecule has 0 fully saturated rings. The quantitative estimate of drug-likeness (QED) is 0.178. The second-order valence-electron chi connectivity index (χ2n) is 13.7. The molecule has 11 aromatic rings. The van der Waals surface area contributed by atoms with Gasteiger partial charge in [-0.25, -0.2) is 4.98 Å². The smallest absolute Gasteiger partial charge is 0.220 e. The van der Waals surface area contributed by atoms with Gasteiger partial charge >= 0.3 is 0 Å². The number of pyridine rings is 1. The fourth-order valence-electron chi connectivity index (χ4n) is 8.22. The Kier molecular flexibility index (Phi) is 6.52. The Bertz CT molecular complexity index is 3150. The first-order chi connectivity index (χ1) is 26.3. The lowest BCUT2D eigenvalue weighted by Gasteiger charge is -2.09. The zero-order chi connectivity index (χ0) is 34.9. The highest BCUT2D eigenvalue weighted by Crippen LogP contribution is 2.39. The van der Waals surface area contributed by atoms with E-state index in [-0.39, 0.29) is 0 Å².